The second-order valence-corrected chi connectivity index (χ2v) is 4.09. The van der Waals surface area contributed by atoms with E-state index in [4.69, 9.17) is 5.73 Å². The van der Waals surface area contributed by atoms with Gasteiger partial charge >= 0.3 is 0 Å². The molecule has 2 aromatic rings. The number of aryl methyl sites for hydroxylation is 1. The molecule has 0 atom stereocenters. The van der Waals surface area contributed by atoms with E-state index in [1.54, 1.807) is 6.20 Å². The van der Waals surface area contributed by atoms with Crippen molar-refractivity contribution in [3.63, 3.8) is 0 Å². The normalized spacial score (nSPS) is 10.6. The van der Waals surface area contributed by atoms with Crippen LogP contribution in [0.25, 0.3) is 5.82 Å². The van der Waals surface area contributed by atoms with Gasteiger partial charge < -0.3 is 5.73 Å². The fraction of sp³-hybridized carbons (Fsp3) is 0.200. The van der Waals surface area contributed by atoms with Crippen molar-refractivity contribution in [1.82, 2.24) is 14.5 Å². The van der Waals surface area contributed by atoms with E-state index in [0.29, 0.717) is 6.54 Å². The number of rotatable bonds is 2. The van der Waals surface area contributed by atoms with Crippen LogP contribution in [0.15, 0.2) is 29.1 Å². The number of hydrogen-bond donors (Lipinski definition) is 1. The minimum absolute atomic E-state index is 0.398. The van der Waals surface area contributed by atoms with E-state index in [9.17, 15) is 0 Å². The Bertz CT molecular complexity index is 478. The molecule has 15 heavy (non-hydrogen) atoms. The molecule has 2 N–H and O–H groups in total. The summed E-state index contributed by atoms with van der Waals surface area (Å²) in [7, 11) is 0. The van der Waals surface area contributed by atoms with Gasteiger partial charge in [-0.1, -0.05) is 0 Å². The van der Waals surface area contributed by atoms with Gasteiger partial charge in [0.2, 0.25) is 0 Å². The van der Waals surface area contributed by atoms with Crippen molar-refractivity contribution < 1.29 is 0 Å². The fourth-order valence-corrected chi connectivity index (χ4v) is 2.04. The predicted octanol–water partition coefficient (Wildman–Crippen LogP) is 1.80. The number of aromatic nitrogens is 3. The molecule has 0 aliphatic carbocycles. The van der Waals surface area contributed by atoms with E-state index >= 15 is 0 Å². The van der Waals surface area contributed by atoms with Crippen LogP contribution in [0.5, 0.6) is 0 Å². The molecule has 0 saturated heterocycles. The van der Waals surface area contributed by atoms with Gasteiger partial charge in [0.1, 0.15) is 5.82 Å². The van der Waals surface area contributed by atoms with Crippen LogP contribution in [-0.4, -0.2) is 14.5 Å². The molecule has 0 fully saturated rings. The first kappa shape index (κ1) is 10.3. The molecule has 0 aliphatic heterocycles. The number of nitrogens with zero attached hydrogens (tertiary/aromatic N) is 3. The van der Waals surface area contributed by atoms with Crippen molar-refractivity contribution in [3.05, 3.63) is 40.5 Å². The highest BCUT2D eigenvalue weighted by Crippen LogP contribution is 2.20. The second-order valence-electron chi connectivity index (χ2n) is 3.24. The Kier molecular flexibility index (Phi) is 2.83. The summed E-state index contributed by atoms with van der Waals surface area (Å²) in [5.41, 5.74) is 6.70. The Labute approximate surface area is 96.3 Å². The van der Waals surface area contributed by atoms with E-state index in [-0.39, 0.29) is 0 Å². The van der Waals surface area contributed by atoms with Crippen molar-refractivity contribution in [2.45, 2.75) is 13.5 Å². The summed E-state index contributed by atoms with van der Waals surface area (Å²) in [5, 5.41) is 0. The Morgan fingerprint density at radius 2 is 2.27 bits per heavy atom. The van der Waals surface area contributed by atoms with Gasteiger partial charge in [-0.3, -0.25) is 4.57 Å². The van der Waals surface area contributed by atoms with E-state index in [2.05, 4.69) is 25.9 Å². The zero-order valence-electron chi connectivity index (χ0n) is 8.31. The van der Waals surface area contributed by atoms with E-state index in [1.165, 1.54) is 0 Å². The zero-order chi connectivity index (χ0) is 10.8. The van der Waals surface area contributed by atoms with E-state index in [0.717, 1.165) is 21.7 Å². The number of nitrogens with two attached hydrogens (primary N) is 1. The predicted molar refractivity (Wildman–Crippen MR) is 61.7 cm³/mol. The smallest absolute Gasteiger partial charge is 0.152 e. The third-order valence-electron chi connectivity index (χ3n) is 2.09. The lowest BCUT2D eigenvalue weighted by atomic mass is 10.3. The molecular formula is C10H11BrN4. The molecule has 78 valence electrons. The molecule has 4 nitrogen and oxygen atoms in total. The van der Waals surface area contributed by atoms with Crippen LogP contribution in [0.1, 0.15) is 11.4 Å². The summed E-state index contributed by atoms with van der Waals surface area (Å²) in [6.07, 6.45) is 5.39. The summed E-state index contributed by atoms with van der Waals surface area (Å²) in [4.78, 5) is 8.50. The Morgan fingerprint density at radius 3 is 2.93 bits per heavy atom. The molecule has 0 unspecified atom stereocenters. The average molecular weight is 267 g/mol. The molecular weight excluding hydrogens is 256 g/mol. The molecule has 2 heterocycles. The van der Waals surface area contributed by atoms with Crippen LogP contribution in [0.4, 0.5) is 0 Å². The maximum Gasteiger partial charge on any atom is 0.152 e. The van der Waals surface area contributed by atoms with Crippen LogP contribution in [0, 0.1) is 6.92 Å². The molecule has 0 radical (unpaired) electrons. The van der Waals surface area contributed by atoms with Gasteiger partial charge in [0.05, 0.1) is 11.0 Å². The number of hydrogen-bond acceptors (Lipinski definition) is 3. The summed E-state index contributed by atoms with van der Waals surface area (Å²) >= 11 is 3.48. The van der Waals surface area contributed by atoms with Crippen molar-refractivity contribution >= 4 is 15.9 Å². The summed E-state index contributed by atoms with van der Waals surface area (Å²) in [6.45, 7) is 2.40. The molecule has 0 spiro atoms. The van der Waals surface area contributed by atoms with Crippen molar-refractivity contribution in [1.29, 1.82) is 0 Å². The van der Waals surface area contributed by atoms with Crippen LogP contribution in [0.3, 0.4) is 0 Å². The Hall–Kier alpha value is -1.20. The molecule has 0 saturated carbocycles. The highest BCUT2D eigenvalue weighted by molar-refractivity contribution is 9.10. The Morgan fingerprint density at radius 1 is 1.47 bits per heavy atom. The summed E-state index contributed by atoms with van der Waals surface area (Å²) in [6, 6.07) is 2.02. The third kappa shape index (κ3) is 1.93. The van der Waals surface area contributed by atoms with Gasteiger partial charge in [-0.25, -0.2) is 9.97 Å². The number of halogens is 1. The minimum Gasteiger partial charge on any atom is -0.324 e. The van der Waals surface area contributed by atoms with Gasteiger partial charge in [-0.2, -0.15) is 0 Å². The molecule has 0 amide bonds. The third-order valence-corrected chi connectivity index (χ3v) is 2.67. The topological polar surface area (TPSA) is 56.7 Å². The standard InChI is InChI=1S/C10H11BrN4/c1-7-4-8(11)10(14-6-7)15-3-2-13-9(15)5-12/h2-4,6H,5,12H2,1H3. The Balaban J connectivity index is 2.54. The quantitative estimate of drug-likeness (QED) is 0.902. The number of imidazole rings is 1. The maximum absolute atomic E-state index is 5.59. The van der Waals surface area contributed by atoms with E-state index in [1.807, 2.05) is 30.0 Å². The van der Waals surface area contributed by atoms with Gasteiger partial charge in [0.15, 0.2) is 5.82 Å². The van der Waals surface area contributed by atoms with Crippen molar-refractivity contribution in [3.8, 4) is 5.82 Å². The monoisotopic (exact) mass is 266 g/mol. The van der Waals surface area contributed by atoms with Crippen LogP contribution >= 0.6 is 15.9 Å². The minimum atomic E-state index is 0.398. The van der Waals surface area contributed by atoms with Crippen LogP contribution in [-0.2, 0) is 6.54 Å². The highest BCUT2D eigenvalue weighted by atomic mass is 79.9. The zero-order valence-corrected chi connectivity index (χ0v) is 9.90. The lowest BCUT2D eigenvalue weighted by molar-refractivity contribution is 0.843. The lowest BCUT2D eigenvalue weighted by Gasteiger charge is -2.07. The van der Waals surface area contributed by atoms with Gasteiger partial charge in [0, 0.05) is 18.6 Å². The first-order chi connectivity index (χ1) is 7.22. The number of pyridine rings is 1. The van der Waals surface area contributed by atoms with Crippen LogP contribution in [0.2, 0.25) is 0 Å². The fourth-order valence-electron chi connectivity index (χ4n) is 1.38. The summed E-state index contributed by atoms with van der Waals surface area (Å²) in [5.74, 6) is 1.62. The first-order valence-electron chi connectivity index (χ1n) is 4.57. The lowest BCUT2D eigenvalue weighted by Crippen LogP contribution is -2.08. The molecule has 0 aliphatic rings. The van der Waals surface area contributed by atoms with Crippen molar-refractivity contribution in [2.75, 3.05) is 0 Å². The molecule has 0 aromatic carbocycles. The molecule has 5 heteroatoms. The molecule has 2 rings (SSSR count). The SMILES string of the molecule is Cc1cnc(-n2ccnc2CN)c(Br)c1. The van der Waals surface area contributed by atoms with Gasteiger partial charge in [-0.15, -0.1) is 0 Å². The first-order valence-corrected chi connectivity index (χ1v) is 5.36. The van der Waals surface area contributed by atoms with Gasteiger partial charge in [-0.05, 0) is 34.5 Å². The second kappa shape index (κ2) is 4.12. The largest absolute Gasteiger partial charge is 0.324 e. The average Bonchev–Trinajstić information content (AvgIpc) is 2.65. The highest BCUT2D eigenvalue weighted by Gasteiger charge is 2.07. The van der Waals surface area contributed by atoms with Gasteiger partial charge in [0.25, 0.3) is 0 Å². The molecule has 0 bridgehead atoms. The summed E-state index contributed by atoms with van der Waals surface area (Å²) < 4.78 is 2.82. The maximum atomic E-state index is 5.59. The van der Waals surface area contributed by atoms with Crippen molar-refractivity contribution in [2.24, 2.45) is 5.73 Å². The van der Waals surface area contributed by atoms with E-state index < -0.39 is 0 Å². The molecule has 2 aromatic heterocycles. The van der Waals surface area contributed by atoms with Crippen LogP contribution < -0.4 is 5.73 Å².